The first kappa shape index (κ1) is 12.5. The summed E-state index contributed by atoms with van der Waals surface area (Å²) in [5.74, 6) is -2.25. The zero-order chi connectivity index (χ0) is 12.6. The Hall–Kier alpha value is -0.480. The van der Waals surface area contributed by atoms with E-state index in [1.54, 1.807) is 0 Å². The molecule has 1 heterocycles. The van der Waals surface area contributed by atoms with Gasteiger partial charge in [-0.3, -0.25) is 0 Å². The fraction of sp³-hybridized carbons (Fsp3) is 0.714. The number of hydrogen-bond acceptors (Lipinski definition) is 2. The van der Waals surface area contributed by atoms with Gasteiger partial charge in [0, 0.05) is 23.8 Å². The number of aryl methyl sites for hydroxylation is 1. The average molecular weight is 271 g/mol. The number of nitrogens with one attached hydrogen (secondary N) is 1. The van der Waals surface area contributed by atoms with Crippen LogP contribution < -0.4 is 5.32 Å². The smallest absolute Gasteiger partial charge is 0.248 e. The van der Waals surface area contributed by atoms with Crippen molar-refractivity contribution in [3.05, 3.63) is 21.9 Å². The Kier molecular flexibility index (Phi) is 3.41. The van der Waals surface area contributed by atoms with E-state index < -0.39 is 5.92 Å². The summed E-state index contributed by atoms with van der Waals surface area (Å²) in [6.07, 6.45) is 4.37. The third kappa shape index (κ3) is 2.59. The Labute approximate surface area is 111 Å². The maximum atomic E-state index is 13.1. The van der Waals surface area contributed by atoms with E-state index in [1.165, 1.54) is 23.3 Å². The molecule has 0 aliphatic heterocycles. The van der Waals surface area contributed by atoms with Crippen LogP contribution in [-0.4, -0.2) is 12.5 Å². The highest BCUT2D eigenvalue weighted by molar-refractivity contribution is 7.10. The van der Waals surface area contributed by atoms with Crippen molar-refractivity contribution >= 4 is 11.3 Å². The number of fused-ring (bicyclic) bond motifs is 1. The lowest BCUT2D eigenvalue weighted by Crippen LogP contribution is -2.29. The predicted molar refractivity (Wildman–Crippen MR) is 70.3 cm³/mol. The van der Waals surface area contributed by atoms with Crippen LogP contribution in [0.15, 0.2) is 11.4 Å². The van der Waals surface area contributed by atoms with Crippen LogP contribution in [0, 0.1) is 5.92 Å². The molecule has 1 fully saturated rings. The van der Waals surface area contributed by atoms with E-state index in [2.05, 4.69) is 16.8 Å². The first-order chi connectivity index (χ1) is 8.64. The molecule has 0 aromatic carbocycles. The lowest BCUT2D eigenvalue weighted by Gasteiger charge is -2.25. The van der Waals surface area contributed by atoms with E-state index in [0.29, 0.717) is 12.5 Å². The second-order valence-corrected chi connectivity index (χ2v) is 6.62. The Bertz CT molecular complexity index is 416. The fourth-order valence-electron chi connectivity index (χ4n) is 3.22. The summed E-state index contributed by atoms with van der Waals surface area (Å²) in [5, 5.41) is 5.66. The van der Waals surface area contributed by atoms with E-state index >= 15 is 0 Å². The molecule has 0 spiro atoms. The Morgan fingerprint density at radius 2 is 2.28 bits per heavy atom. The number of alkyl halides is 2. The Morgan fingerprint density at radius 1 is 1.39 bits per heavy atom. The molecule has 2 aliphatic carbocycles. The van der Waals surface area contributed by atoms with Crippen LogP contribution in [0.2, 0.25) is 0 Å². The van der Waals surface area contributed by atoms with Crippen molar-refractivity contribution in [1.82, 2.24) is 5.32 Å². The molecule has 0 radical (unpaired) electrons. The minimum Gasteiger partial charge on any atom is -0.310 e. The van der Waals surface area contributed by atoms with Crippen molar-refractivity contribution < 1.29 is 8.78 Å². The molecule has 1 aromatic rings. The van der Waals surface area contributed by atoms with Gasteiger partial charge in [-0.05, 0) is 55.2 Å². The van der Waals surface area contributed by atoms with E-state index in [1.807, 2.05) is 11.3 Å². The van der Waals surface area contributed by atoms with Crippen LogP contribution in [0.5, 0.6) is 0 Å². The molecule has 1 N–H and O–H groups in total. The van der Waals surface area contributed by atoms with Gasteiger partial charge in [-0.2, -0.15) is 0 Å². The van der Waals surface area contributed by atoms with Crippen molar-refractivity contribution in [2.24, 2.45) is 5.92 Å². The van der Waals surface area contributed by atoms with Crippen molar-refractivity contribution in [3.63, 3.8) is 0 Å². The van der Waals surface area contributed by atoms with Crippen molar-refractivity contribution in [3.8, 4) is 0 Å². The normalized spacial score (nSPS) is 30.3. The molecule has 1 saturated carbocycles. The van der Waals surface area contributed by atoms with Crippen LogP contribution in [0.1, 0.15) is 48.6 Å². The summed E-state index contributed by atoms with van der Waals surface area (Å²) < 4.78 is 26.2. The van der Waals surface area contributed by atoms with Crippen LogP contribution in [0.3, 0.4) is 0 Å². The number of halogens is 2. The zero-order valence-corrected chi connectivity index (χ0v) is 11.2. The largest absolute Gasteiger partial charge is 0.310 e. The molecule has 18 heavy (non-hydrogen) atoms. The molecule has 4 heteroatoms. The lowest BCUT2D eigenvalue weighted by molar-refractivity contribution is 0.00496. The Morgan fingerprint density at radius 3 is 3.06 bits per heavy atom. The summed E-state index contributed by atoms with van der Waals surface area (Å²) >= 11 is 1.83. The molecular formula is C14H19F2NS. The van der Waals surface area contributed by atoms with Crippen LogP contribution in [0.4, 0.5) is 8.78 Å². The third-order valence-electron chi connectivity index (χ3n) is 4.21. The van der Waals surface area contributed by atoms with Gasteiger partial charge in [0.1, 0.15) is 0 Å². The van der Waals surface area contributed by atoms with Crippen LogP contribution >= 0.6 is 11.3 Å². The fourth-order valence-corrected chi connectivity index (χ4v) is 4.21. The minimum atomic E-state index is -2.41. The topological polar surface area (TPSA) is 12.0 Å². The highest BCUT2D eigenvalue weighted by Gasteiger charge is 2.39. The highest BCUT2D eigenvalue weighted by atomic mass is 32.1. The van der Waals surface area contributed by atoms with E-state index in [9.17, 15) is 8.78 Å². The highest BCUT2D eigenvalue weighted by Crippen LogP contribution is 2.39. The third-order valence-corrected chi connectivity index (χ3v) is 5.21. The summed E-state index contributed by atoms with van der Waals surface area (Å²) in [6, 6.07) is 2.59. The van der Waals surface area contributed by atoms with Gasteiger partial charge in [-0.25, -0.2) is 8.78 Å². The van der Waals surface area contributed by atoms with E-state index in [4.69, 9.17) is 0 Å². The number of thiophene rings is 1. The first-order valence-electron chi connectivity index (χ1n) is 6.81. The standard InChI is InChI=1S/C14H19F2NS/c15-14(16)6-4-10(8-14)9-17-12-2-1-3-13-11(12)5-7-18-13/h5,7,10,12,17H,1-4,6,8-9H2. The van der Waals surface area contributed by atoms with Crippen LogP contribution in [-0.2, 0) is 6.42 Å². The molecule has 0 saturated heterocycles. The number of rotatable bonds is 3. The molecule has 1 aromatic heterocycles. The summed E-state index contributed by atoms with van der Waals surface area (Å²) in [6.45, 7) is 0.746. The van der Waals surface area contributed by atoms with Gasteiger partial charge < -0.3 is 5.32 Å². The van der Waals surface area contributed by atoms with Gasteiger partial charge >= 0.3 is 0 Å². The summed E-state index contributed by atoms with van der Waals surface area (Å²) in [7, 11) is 0. The second-order valence-electron chi connectivity index (χ2n) is 5.62. The van der Waals surface area contributed by atoms with Gasteiger partial charge in [0.15, 0.2) is 0 Å². The second kappa shape index (κ2) is 4.89. The average Bonchev–Trinajstić information content (AvgIpc) is 2.92. The molecule has 0 amide bonds. The minimum absolute atomic E-state index is 0.0726. The number of hydrogen-bond donors (Lipinski definition) is 1. The van der Waals surface area contributed by atoms with Crippen molar-refractivity contribution in [2.45, 2.75) is 50.5 Å². The molecule has 1 nitrogen and oxygen atoms in total. The van der Waals surface area contributed by atoms with Crippen molar-refractivity contribution in [2.75, 3.05) is 6.54 Å². The molecule has 2 aliphatic rings. The van der Waals surface area contributed by atoms with Gasteiger partial charge in [-0.1, -0.05) is 0 Å². The van der Waals surface area contributed by atoms with Gasteiger partial charge in [0.25, 0.3) is 0 Å². The van der Waals surface area contributed by atoms with E-state index in [-0.39, 0.29) is 18.8 Å². The zero-order valence-electron chi connectivity index (χ0n) is 10.4. The quantitative estimate of drug-likeness (QED) is 0.870. The Balaban J connectivity index is 1.56. The maximum absolute atomic E-state index is 13.1. The maximum Gasteiger partial charge on any atom is 0.248 e. The molecule has 2 atom stereocenters. The van der Waals surface area contributed by atoms with Gasteiger partial charge in [-0.15, -0.1) is 11.3 Å². The molecular weight excluding hydrogens is 252 g/mol. The summed E-state index contributed by atoms with van der Waals surface area (Å²) in [5.41, 5.74) is 1.41. The monoisotopic (exact) mass is 271 g/mol. The first-order valence-corrected chi connectivity index (χ1v) is 7.69. The lowest BCUT2D eigenvalue weighted by atomic mass is 9.93. The van der Waals surface area contributed by atoms with Crippen molar-refractivity contribution in [1.29, 1.82) is 0 Å². The molecule has 100 valence electrons. The summed E-state index contributed by atoms with van der Waals surface area (Å²) in [4.78, 5) is 1.48. The van der Waals surface area contributed by atoms with Gasteiger partial charge in [0.05, 0.1) is 0 Å². The SMILES string of the molecule is FC1(F)CCC(CNC2CCCc3sccc32)C1. The van der Waals surface area contributed by atoms with Crippen LogP contribution in [0.25, 0.3) is 0 Å². The molecule has 3 rings (SSSR count). The molecule has 0 bridgehead atoms. The predicted octanol–water partition coefficient (Wildman–Crippen LogP) is 4.15. The molecule has 2 unspecified atom stereocenters. The van der Waals surface area contributed by atoms with E-state index in [0.717, 1.165) is 13.0 Å². The van der Waals surface area contributed by atoms with Gasteiger partial charge in [0.2, 0.25) is 5.92 Å².